The number of aromatic nitrogens is 3. The Hall–Kier alpha value is -3.22. The van der Waals surface area contributed by atoms with Crippen molar-refractivity contribution in [2.75, 3.05) is 14.1 Å². The fourth-order valence-corrected chi connectivity index (χ4v) is 3.58. The lowest BCUT2D eigenvalue weighted by Crippen LogP contribution is -2.24. The molecule has 4 rings (SSSR count). The second-order valence-electron chi connectivity index (χ2n) is 7.86. The first kappa shape index (κ1) is 19.1. The van der Waals surface area contributed by atoms with E-state index in [1.165, 1.54) is 4.90 Å². The van der Waals surface area contributed by atoms with Crippen LogP contribution in [0.25, 0.3) is 11.0 Å². The van der Waals surface area contributed by atoms with Crippen molar-refractivity contribution in [2.24, 2.45) is 7.05 Å². The van der Waals surface area contributed by atoms with Crippen LogP contribution in [-0.4, -0.2) is 45.6 Å². The van der Waals surface area contributed by atoms with Gasteiger partial charge in [0.25, 0.3) is 11.8 Å². The van der Waals surface area contributed by atoms with Gasteiger partial charge in [-0.1, -0.05) is 12.1 Å². The van der Waals surface area contributed by atoms with Crippen molar-refractivity contribution in [1.29, 1.82) is 0 Å². The summed E-state index contributed by atoms with van der Waals surface area (Å²) in [6, 6.07) is 9.24. The normalized spacial score (nSPS) is 13.5. The van der Waals surface area contributed by atoms with Crippen molar-refractivity contribution < 1.29 is 9.59 Å². The van der Waals surface area contributed by atoms with E-state index >= 15 is 0 Å². The van der Waals surface area contributed by atoms with Gasteiger partial charge in [0.05, 0.1) is 16.6 Å². The first-order chi connectivity index (χ1) is 13.8. The topological polar surface area (TPSA) is 80.1 Å². The van der Waals surface area contributed by atoms with E-state index in [4.69, 9.17) is 4.98 Å². The van der Waals surface area contributed by atoms with Gasteiger partial charge in [-0.3, -0.25) is 14.3 Å². The van der Waals surface area contributed by atoms with E-state index in [2.05, 4.69) is 10.4 Å². The van der Waals surface area contributed by atoms with Crippen molar-refractivity contribution in [3.05, 3.63) is 58.4 Å². The summed E-state index contributed by atoms with van der Waals surface area (Å²) in [6.45, 7) is 2.24. The highest BCUT2D eigenvalue weighted by Gasteiger charge is 2.28. The van der Waals surface area contributed by atoms with E-state index in [0.717, 1.165) is 40.8 Å². The number of pyridine rings is 1. The van der Waals surface area contributed by atoms with Crippen molar-refractivity contribution >= 4 is 22.8 Å². The maximum absolute atomic E-state index is 13.1. The van der Waals surface area contributed by atoms with Crippen LogP contribution in [0.5, 0.6) is 0 Å². The largest absolute Gasteiger partial charge is 0.348 e. The van der Waals surface area contributed by atoms with Crippen molar-refractivity contribution in [1.82, 2.24) is 25.0 Å². The molecule has 0 unspecified atom stereocenters. The summed E-state index contributed by atoms with van der Waals surface area (Å²) in [5.74, 6) is 0.226. The molecule has 0 radical (unpaired) electrons. The molecule has 1 fully saturated rings. The number of hydrogen-bond acceptors (Lipinski definition) is 4. The number of nitrogens with zero attached hydrogens (tertiary/aromatic N) is 4. The third-order valence-electron chi connectivity index (χ3n) is 5.26. The molecule has 2 heterocycles. The number of benzene rings is 1. The third kappa shape index (κ3) is 3.72. The predicted octanol–water partition coefficient (Wildman–Crippen LogP) is 2.79. The van der Waals surface area contributed by atoms with Gasteiger partial charge in [0, 0.05) is 44.9 Å². The van der Waals surface area contributed by atoms with Gasteiger partial charge in [0.2, 0.25) is 0 Å². The molecule has 1 aromatic carbocycles. The van der Waals surface area contributed by atoms with Gasteiger partial charge in [-0.25, -0.2) is 4.98 Å². The number of rotatable bonds is 5. The molecular formula is C22H25N5O2. The number of hydrogen-bond donors (Lipinski definition) is 1. The zero-order valence-corrected chi connectivity index (χ0v) is 17.2. The minimum atomic E-state index is -0.153. The van der Waals surface area contributed by atoms with E-state index in [9.17, 15) is 9.59 Å². The maximum Gasteiger partial charge on any atom is 0.253 e. The third-order valence-corrected chi connectivity index (χ3v) is 5.26. The second kappa shape index (κ2) is 7.31. The zero-order chi connectivity index (χ0) is 20.7. The summed E-state index contributed by atoms with van der Waals surface area (Å²) < 4.78 is 1.74. The monoisotopic (exact) mass is 391 g/mol. The Labute approximate surface area is 169 Å². The summed E-state index contributed by atoms with van der Waals surface area (Å²) >= 11 is 0. The molecule has 1 aliphatic rings. The molecule has 0 aliphatic heterocycles. The van der Waals surface area contributed by atoms with E-state index < -0.39 is 0 Å². The molecule has 29 heavy (non-hydrogen) atoms. The van der Waals surface area contributed by atoms with Crippen molar-refractivity contribution in [3.63, 3.8) is 0 Å². The summed E-state index contributed by atoms with van der Waals surface area (Å²) in [5, 5.41) is 8.25. The lowest BCUT2D eigenvalue weighted by Gasteiger charge is -2.12. The molecule has 1 N–H and O–H groups in total. The number of carbonyl (C=O) groups excluding carboxylic acids is 2. The smallest absolute Gasteiger partial charge is 0.253 e. The Bertz CT molecular complexity index is 1110. The molecular weight excluding hydrogens is 366 g/mol. The maximum atomic E-state index is 13.1. The SMILES string of the molecule is Cc1nn(C)c2nc(C3CC3)cc(C(=O)NCc3cccc(C(=O)N(C)C)c3)c12. The quantitative estimate of drug-likeness (QED) is 0.725. The van der Waals surface area contributed by atoms with Crippen LogP contribution in [0.2, 0.25) is 0 Å². The first-order valence-corrected chi connectivity index (χ1v) is 9.78. The van der Waals surface area contributed by atoms with Crippen LogP contribution >= 0.6 is 0 Å². The Morgan fingerprint density at radius 2 is 2.00 bits per heavy atom. The predicted molar refractivity (Wildman–Crippen MR) is 111 cm³/mol. The Kier molecular flexibility index (Phi) is 4.82. The zero-order valence-electron chi connectivity index (χ0n) is 17.2. The molecule has 0 atom stereocenters. The number of nitrogens with one attached hydrogen (secondary N) is 1. The van der Waals surface area contributed by atoms with Crippen LogP contribution in [0.15, 0.2) is 30.3 Å². The fourth-order valence-electron chi connectivity index (χ4n) is 3.58. The summed E-state index contributed by atoms with van der Waals surface area (Å²) in [6.07, 6.45) is 2.23. The van der Waals surface area contributed by atoms with Gasteiger partial charge in [-0.15, -0.1) is 0 Å². The molecule has 2 aromatic heterocycles. The van der Waals surface area contributed by atoms with E-state index in [1.807, 2.05) is 38.2 Å². The molecule has 0 saturated heterocycles. The molecule has 7 nitrogen and oxygen atoms in total. The summed E-state index contributed by atoms with van der Waals surface area (Å²) in [4.78, 5) is 31.5. The van der Waals surface area contributed by atoms with E-state index in [0.29, 0.717) is 23.6 Å². The second-order valence-corrected chi connectivity index (χ2v) is 7.86. The van der Waals surface area contributed by atoms with Crippen molar-refractivity contribution in [2.45, 2.75) is 32.2 Å². The molecule has 1 saturated carbocycles. The molecule has 3 aromatic rings. The number of carbonyl (C=O) groups is 2. The average Bonchev–Trinajstić information content (AvgIpc) is 3.51. The Morgan fingerprint density at radius 3 is 2.69 bits per heavy atom. The number of aryl methyl sites for hydroxylation is 2. The number of fused-ring (bicyclic) bond motifs is 1. The van der Waals surface area contributed by atoms with Crippen LogP contribution in [0, 0.1) is 6.92 Å². The van der Waals surface area contributed by atoms with E-state index in [1.54, 1.807) is 24.8 Å². The number of amides is 2. The minimum Gasteiger partial charge on any atom is -0.348 e. The van der Waals surface area contributed by atoms with Gasteiger partial charge in [-0.2, -0.15) is 5.10 Å². The summed E-state index contributed by atoms with van der Waals surface area (Å²) in [7, 11) is 5.30. The summed E-state index contributed by atoms with van der Waals surface area (Å²) in [5.41, 5.74) is 4.60. The minimum absolute atomic E-state index is 0.0610. The van der Waals surface area contributed by atoms with Crippen LogP contribution < -0.4 is 5.32 Å². The van der Waals surface area contributed by atoms with Crippen LogP contribution in [0.4, 0.5) is 0 Å². The average molecular weight is 391 g/mol. The Morgan fingerprint density at radius 1 is 1.24 bits per heavy atom. The highest BCUT2D eigenvalue weighted by molar-refractivity contribution is 6.06. The van der Waals surface area contributed by atoms with Gasteiger partial charge >= 0.3 is 0 Å². The van der Waals surface area contributed by atoms with Gasteiger partial charge in [-0.05, 0) is 43.5 Å². The lowest BCUT2D eigenvalue weighted by atomic mass is 10.1. The highest BCUT2D eigenvalue weighted by atomic mass is 16.2. The van der Waals surface area contributed by atoms with Gasteiger partial charge in [0.1, 0.15) is 0 Å². The highest BCUT2D eigenvalue weighted by Crippen LogP contribution is 2.40. The molecule has 150 valence electrons. The molecule has 1 aliphatic carbocycles. The fraction of sp³-hybridized carbons (Fsp3) is 0.364. The van der Waals surface area contributed by atoms with Crippen LogP contribution in [0.3, 0.4) is 0 Å². The van der Waals surface area contributed by atoms with Crippen molar-refractivity contribution in [3.8, 4) is 0 Å². The molecule has 0 spiro atoms. The molecule has 7 heteroatoms. The van der Waals surface area contributed by atoms with Crippen LogP contribution in [-0.2, 0) is 13.6 Å². The van der Waals surface area contributed by atoms with Gasteiger partial charge in [0.15, 0.2) is 5.65 Å². The molecule has 0 bridgehead atoms. The lowest BCUT2D eigenvalue weighted by molar-refractivity contribution is 0.0827. The first-order valence-electron chi connectivity index (χ1n) is 9.78. The standard InChI is InChI=1S/C22H25N5O2/c1-13-19-17(11-18(15-8-9-15)24-20(19)27(4)25-13)21(28)23-12-14-6-5-7-16(10-14)22(29)26(2)3/h5-7,10-11,15H,8-9,12H2,1-4H3,(H,23,28). The molecule has 2 amide bonds. The Balaban J connectivity index is 1.60. The van der Waals surface area contributed by atoms with Gasteiger partial charge < -0.3 is 10.2 Å². The van der Waals surface area contributed by atoms with E-state index in [-0.39, 0.29) is 11.8 Å². The van der Waals surface area contributed by atoms with Crippen LogP contribution in [0.1, 0.15) is 56.4 Å².